The van der Waals surface area contributed by atoms with Crippen molar-refractivity contribution in [2.24, 2.45) is 0 Å². The lowest BCUT2D eigenvalue weighted by Gasteiger charge is -2.07. The van der Waals surface area contributed by atoms with Crippen molar-refractivity contribution in [3.05, 3.63) is 63.4 Å². The van der Waals surface area contributed by atoms with E-state index in [2.05, 4.69) is 0 Å². The summed E-state index contributed by atoms with van der Waals surface area (Å²) in [6, 6.07) is 9.94. The second-order valence-electron chi connectivity index (χ2n) is 4.09. The van der Waals surface area contributed by atoms with Crippen LogP contribution in [0.3, 0.4) is 0 Å². The van der Waals surface area contributed by atoms with Crippen LogP contribution in [-0.2, 0) is 0 Å². The first-order valence-electron chi connectivity index (χ1n) is 5.82. The summed E-state index contributed by atoms with van der Waals surface area (Å²) in [7, 11) is 0. The molecule has 0 amide bonds. The first-order chi connectivity index (χ1) is 10.0. The number of halogens is 3. The fraction of sp³-hybridized carbons (Fsp3) is 0.0667. The van der Waals surface area contributed by atoms with E-state index in [9.17, 15) is 9.18 Å². The molecule has 2 rings (SSSR count). The Kier molecular flexibility index (Phi) is 4.79. The van der Waals surface area contributed by atoms with Crippen molar-refractivity contribution in [2.45, 2.75) is 0 Å². The van der Waals surface area contributed by atoms with Gasteiger partial charge in [-0.25, -0.2) is 4.39 Å². The van der Waals surface area contributed by atoms with Crippen LogP contribution in [0.4, 0.5) is 4.39 Å². The van der Waals surface area contributed by atoms with Crippen molar-refractivity contribution in [2.75, 3.05) is 6.61 Å². The zero-order valence-electron chi connectivity index (χ0n) is 10.6. The highest BCUT2D eigenvalue weighted by Crippen LogP contribution is 2.22. The van der Waals surface area contributed by atoms with Crippen molar-refractivity contribution in [3.63, 3.8) is 0 Å². The Morgan fingerprint density at radius 2 is 2.00 bits per heavy atom. The second kappa shape index (κ2) is 6.57. The molecule has 0 spiro atoms. The van der Waals surface area contributed by atoms with Gasteiger partial charge >= 0.3 is 0 Å². The average Bonchev–Trinajstić information content (AvgIpc) is 2.45. The van der Waals surface area contributed by atoms with Crippen LogP contribution in [0.2, 0.25) is 10.0 Å². The van der Waals surface area contributed by atoms with Crippen LogP contribution in [0, 0.1) is 17.1 Å². The molecule has 6 heteroatoms. The van der Waals surface area contributed by atoms with Gasteiger partial charge in [0, 0.05) is 16.7 Å². The maximum absolute atomic E-state index is 13.4. The van der Waals surface area contributed by atoms with Crippen molar-refractivity contribution in [3.8, 4) is 11.8 Å². The molecule has 106 valence electrons. The maximum Gasteiger partial charge on any atom is 0.201 e. The number of hydrogen-bond donors (Lipinski definition) is 0. The van der Waals surface area contributed by atoms with Crippen LogP contribution >= 0.6 is 23.2 Å². The number of benzene rings is 2. The van der Waals surface area contributed by atoms with Gasteiger partial charge in [-0.1, -0.05) is 23.2 Å². The molecule has 2 aromatic rings. The number of hydrogen-bond acceptors (Lipinski definition) is 3. The Labute approximate surface area is 130 Å². The SMILES string of the molecule is N#Cc1ccc(OCC(=O)c2ccc(Cl)cc2Cl)cc1F. The maximum atomic E-state index is 13.4. The van der Waals surface area contributed by atoms with E-state index in [-0.39, 0.29) is 34.3 Å². The highest BCUT2D eigenvalue weighted by atomic mass is 35.5. The summed E-state index contributed by atoms with van der Waals surface area (Å²) >= 11 is 11.7. The molecule has 0 fully saturated rings. The molecule has 0 atom stereocenters. The number of carbonyl (C=O) groups is 1. The standard InChI is InChI=1S/C15H8Cl2FNO2/c16-10-2-4-12(13(17)5-10)15(20)8-21-11-3-1-9(7-19)14(18)6-11/h1-6H,8H2. The summed E-state index contributed by atoms with van der Waals surface area (Å²) < 4.78 is 18.6. The van der Waals surface area contributed by atoms with E-state index in [0.717, 1.165) is 6.07 Å². The van der Waals surface area contributed by atoms with Crippen LogP contribution < -0.4 is 4.74 Å². The van der Waals surface area contributed by atoms with Gasteiger partial charge < -0.3 is 4.74 Å². The van der Waals surface area contributed by atoms with E-state index >= 15 is 0 Å². The lowest BCUT2D eigenvalue weighted by atomic mass is 10.1. The van der Waals surface area contributed by atoms with Crippen LogP contribution in [0.15, 0.2) is 36.4 Å². The van der Waals surface area contributed by atoms with E-state index in [1.165, 1.54) is 24.3 Å². The van der Waals surface area contributed by atoms with Crippen molar-refractivity contribution in [1.29, 1.82) is 5.26 Å². The van der Waals surface area contributed by atoms with Crippen LogP contribution in [0.25, 0.3) is 0 Å². The monoisotopic (exact) mass is 323 g/mol. The second-order valence-corrected chi connectivity index (χ2v) is 4.93. The quantitative estimate of drug-likeness (QED) is 0.789. The Bertz CT molecular complexity index is 741. The molecule has 0 radical (unpaired) electrons. The number of rotatable bonds is 4. The molecule has 0 aliphatic carbocycles. The molecule has 21 heavy (non-hydrogen) atoms. The number of nitriles is 1. The van der Waals surface area contributed by atoms with Gasteiger partial charge in [0.25, 0.3) is 0 Å². The normalized spacial score (nSPS) is 10.0. The fourth-order valence-electron chi connectivity index (χ4n) is 1.62. The lowest BCUT2D eigenvalue weighted by Crippen LogP contribution is -2.12. The van der Waals surface area contributed by atoms with Crippen LogP contribution in [-0.4, -0.2) is 12.4 Å². The first-order valence-corrected chi connectivity index (χ1v) is 6.57. The zero-order valence-corrected chi connectivity index (χ0v) is 12.1. The Balaban J connectivity index is 2.07. The van der Waals surface area contributed by atoms with Gasteiger partial charge in [-0.15, -0.1) is 0 Å². The number of ether oxygens (including phenoxy) is 1. The molecule has 0 heterocycles. The predicted octanol–water partition coefficient (Wildman–Crippen LogP) is 4.27. The zero-order chi connectivity index (χ0) is 15.4. The summed E-state index contributed by atoms with van der Waals surface area (Å²) in [5.41, 5.74) is 0.185. The lowest BCUT2D eigenvalue weighted by molar-refractivity contribution is 0.0921. The molecule has 2 aromatic carbocycles. The largest absolute Gasteiger partial charge is 0.485 e. The van der Waals surface area contributed by atoms with Crippen molar-refractivity contribution < 1.29 is 13.9 Å². The van der Waals surface area contributed by atoms with E-state index in [1.807, 2.05) is 0 Å². The van der Waals surface area contributed by atoms with Crippen molar-refractivity contribution >= 4 is 29.0 Å². The minimum Gasteiger partial charge on any atom is -0.485 e. The number of ketones is 1. The highest BCUT2D eigenvalue weighted by Gasteiger charge is 2.12. The summed E-state index contributed by atoms with van der Waals surface area (Å²) in [6.45, 7) is -0.299. The van der Waals surface area contributed by atoms with Gasteiger partial charge in [-0.05, 0) is 30.3 Å². The van der Waals surface area contributed by atoms with Gasteiger partial charge in [-0.3, -0.25) is 4.79 Å². The highest BCUT2D eigenvalue weighted by molar-refractivity contribution is 6.36. The van der Waals surface area contributed by atoms with Gasteiger partial charge in [0.15, 0.2) is 6.61 Å². The van der Waals surface area contributed by atoms with Gasteiger partial charge in [0.2, 0.25) is 5.78 Å². The van der Waals surface area contributed by atoms with E-state index in [1.54, 1.807) is 12.1 Å². The Morgan fingerprint density at radius 3 is 2.62 bits per heavy atom. The third-order valence-electron chi connectivity index (χ3n) is 2.66. The van der Waals surface area contributed by atoms with Crippen LogP contribution in [0.1, 0.15) is 15.9 Å². The topological polar surface area (TPSA) is 50.1 Å². The molecule has 0 aliphatic rings. The molecule has 0 N–H and O–H groups in total. The molecule has 0 saturated heterocycles. The van der Waals surface area contributed by atoms with E-state index < -0.39 is 5.82 Å². The molecular weight excluding hydrogens is 316 g/mol. The molecule has 0 unspecified atom stereocenters. The minimum absolute atomic E-state index is 0.0885. The van der Waals surface area contributed by atoms with Gasteiger partial charge in [0.05, 0.1) is 10.6 Å². The molecular formula is C15H8Cl2FNO2. The van der Waals surface area contributed by atoms with E-state index in [0.29, 0.717) is 5.02 Å². The van der Waals surface area contributed by atoms with Crippen LogP contribution in [0.5, 0.6) is 5.75 Å². The summed E-state index contributed by atoms with van der Waals surface area (Å²) in [4.78, 5) is 12.0. The first kappa shape index (κ1) is 15.3. The Morgan fingerprint density at radius 1 is 1.24 bits per heavy atom. The predicted molar refractivity (Wildman–Crippen MR) is 77.4 cm³/mol. The van der Waals surface area contributed by atoms with Crippen molar-refractivity contribution in [1.82, 2.24) is 0 Å². The van der Waals surface area contributed by atoms with Gasteiger partial charge in [-0.2, -0.15) is 5.26 Å². The number of nitrogens with zero attached hydrogens (tertiary/aromatic N) is 1. The molecule has 0 aliphatic heterocycles. The summed E-state index contributed by atoms with van der Waals surface area (Å²) in [6.07, 6.45) is 0. The summed E-state index contributed by atoms with van der Waals surface area (Å²) in [5, 5.41) is 9.27. The van der Waals surface area contributed by atoms with E-state index in [4.69, 9.17) is 33.2 Å². The molecule has 0 bridgehead atoms. The Hall–Kier alpha value is -2.09. The summed E-state index contributed by atoms with van der Waals surface area (Å²) in [5.74, 6) is -0.904. The fourth-order valence-corrected chi connectivity index (χ4v) is 2.13. The molecule has 0 saturated carbocycles. The molecule has 0 aromatic heterocycles. The smallest absolute Gasteiger partial charge is 0.201 e. The molecule has 3 nitrogen and oxygen atoms in total. The van der Waals surface area contributed by atoms with Gasteiger partial charge in [0.1, 0.15) is 17.6 Å². The number of carbonyl (C=O) groups excluding carboxylic acids is 1. The third-order valence-corrected chi connectivity index (χ3v) is 3.21. The number of Topliss-reactive ketones (excluding diaryl/α,β-unsaturated/α-hetero) is 1. The third kappa shape index (κ3) is 3.72. The average molecular weight is 324 g/mol. The minimum atomic E-state index is -0.702.